The summed E-state index contributed by atoms with van der Waals surface area (Å²) in [5, 5.41) is 3.38. The standard InChI is InChI=1S/C23H20ClFN2O3S/c24-19-7-3-4-16(12-19)14-26-23(28)22-13-17-5-1-2-6-18(17)15-27(22)31(29,30)21-10-8-20(25)9-11-21/h1-12,22H,13-15H2,(H,26,28)/t22-/m1/s1. The van der Waals surface area contributed by atoms with Gasteiger partial charge in [0.05, 0.1) is 4.90 Å². The number of rotatable bonds is 5. The first kappa shape index (κ1) is 21.5. The van der Waals surface area contributed by atoms with Crippen molar-refractivity contribution in [2.24, 2.45) is 0 Å². The molecule has 0 aromatic heterocycles. The maximum atomic E-state index is 13.3. The lowest BCUT2D eigenvalue weighted by atomic mass is 9.95. The van der Waals surface area contributed by atoms with Crippen LogP contribution in [0.1, 0.15) is 16.7 Å². The highest BCUT2D eigenvalue weighted by molar-refractivity contribution is 7.89. The molecular formula is C23H20ClFN2O3S. The molecule has 0 spiro atoms. The Balaban J connectivity index is 1.64. The van der Waals surface area contributed by atoms with Crippen molar-refractivity contribution >= 4 is 27.5 Å². The van der Waals surface area contributed by atoms with Crippen LogP contribution in [0.15, 0.2) is 77.7 Å². The lowest BCUT2D eigenvalue weighted by Gasteiger charge is -2.35. The average molecular weight is 459 g/mol. The first-order valence-corrected chi connectivity index (χ1v) is 11.5. The molecule has 160 valence electrons. The summed E-state index contributed by atoms with van der Waals surface area (Å²) >= 11 is 6.00. The van der Waals surface area contributed by atoms with E-state index in [4.69, 9.17) is 11.6 Å². The molecule has 1 heterocycles. The molecule has 8 heteroatoms. The molecule has 0 saturated heterocycles. The molecule has 1 aliphatic rings. The Hall–Kier alpha value is -2.74. The third-order valence-corrected chi connectivity index (χ3v) is 7.39. The predicted octanol–water partition coefficient (Wildman–Crippen LogP) is 3.91. The predicted molar refractivity (Wildman–Crippen MR) is 116 cm³/mol. The summed E-state index contributed by atoms with van der Waals surface area (Å²) in [7, 11) is -4.02. The third-order valence-electron chi connectivity index (χ3n) is 5.28. The number of amides is 1. The van der Waals surface area contributed by atoms with Gasteiger partial charge in [-0.25, -0.2) is 12.8 Å². The van der Waals surface area contributed by atoms with Crippen LogP contribution in [-0.4, -0.2) is 24.7 Å². The Morgan fingerprint density at radius 1 is 1.03 bits per heavy atom. The highest BCUT2D eigenvalue weighted by Crippen LogP contribution is 2.29. The van der Waals surface area contributed by atoms with Crippen LogP contribution in [0.25, 0.3) is 0 Å². The number of benzene rings is 3. The molecule has 1 aliphatic heterocycles. The lowest BCUT2D eigenvalue weighted by Crippen LogP contribution is -2.52. The van der Waals surface area contributed by atoms with Crippen molar-refractivity contribution in [1.82, 2.24) is 9.62 Å². The van der Waals surface area contributed by atoms with E-state index in [0.29, 0.717) is 5.02 Å². The van der Waals surface area contributed by atoms with Crippen LogP contribution in [0.4, 0.5) is 4.39 Å². The van der Waals surface area contributed by atoms with Gasteiger partial charge in [0.1, 0.15) is 11.9 Å². The molecule has 4 rings (SSSR count). The monoisotopic (exact) mass is 458 g/mol. The number of carbonyl (C=O) groups is 1. The van der Waals surface area contributed by atoms with Crippen molar-refractivity contribution < 1.29 is 17.6 Å². The fraction of sp³-hybridized carbons (Fsp3) is 0.174. The maximum Gasteiger partial charge on any atom is 0.244 e. The summed E-state index contributed by atoms with van der Waals surface area (Å²) in [6, 6.07) is 18.2. The van der Waals surface area contributed by atoms with Gasteiger partial charge in [-0.2, -0.15) is 4.31 Å². The van der Waals surface area contributed by atoms with Crippen molar-refractivity contribution in [2.75, 3.05) is 0 Å². The summed E-state index contributed by atoms with van der Waals surface area (Å²) in [6.07, 6.45) is 0.248. The van der Waals surface area contributed by atoms with Gasteiger partial charge in [0.2, 0.25) is 15.9 Å². The van der Waals surface area contributed by atoms with E-state index in [0.717, 1.165) is 28.8 Å². The zero-order valence-electron chi connectivity index (χ0n) is 16.5. The van der Waals surface area contributed by atoms with E-state index < -0.39 is 27.8 Å². The van der Waals surface area contributed by atoms with Gasteiger partial charge in [0.25, 0.3) is 0 Å². The van der Waals surface area contributed by atoms with E-state index in [1.807, 2.05) is 30.3 Å². The molecule has 1 amide bonds. The topological polar surface area (TPSA) is 66.5 Å². The van der Waals surface area contributed by atoms with E-state index in [-0.39, 0.29) is 24.4 Å². The van der Waals surface area contributed by atoms with Gasteiger partial charge >= 0.3 is 0 Å². The first-order chi connectivity index (χ1) is 14.8. The smallest absolute Gasteiger partial charge is 0.244 e. The number of nitrogens with zero attached hydrogens (tertiary/aromatic N) is 1. The summed E-state index contributed by atoms with van der Waals surface area (Å²) in [4.78, 5) is 13.0. The Morgan fingerprint density at radius 2 is 1.74 bits per heavy atom. The fourth-order valence-electron chi connectivity index (χ4n) is 3.67. The van der Waals surface area contributed by atoms with Crippen molar-refractivity contribution in [2.45, 2.75) is 30.4 Å². The van der Waals surface area contributed by atoms with Gasteiger partial charge < -0.3 is 5.32 Å². The van der Waals surface area contributed by atoms with Crippen molar-refractivity contribution in [1.29, 1.82) is 0 Å². The molecule has 0 radical (unpaired) electrons. The molecule has 1 N–H and O–H groups in total. The largest absolute Gasteiger partial charge is 0.351 e. The zero-order valence-corrected chi connectivity index (χ0v) is 18.0. The highest BCUT2D eigenvalue weighted by Gasteiger charge is 2.39. The highest BCUT2D eigenvalue weighted by atomic mass is 35.5. The second-order valence-electron chi connectivity index (χ2n) is 7.34. The first-order valence-electron chi connectivity index (χ1n) is 9.71. The Kier molecular flexibility index (Phi) is 6.09. The fourth-order valence-corrected chi connectivity index (χ4v) is 5.45. The number of hydrogen-bond acceptors (Lipinski definition) is 3. The molecule has 0 saturated carbocycles. The number of halogens is 2. The van der Waals surface area contributed by atoms with E-state index in [9.17, 15) is 17.6 Å². The van der Waals surface area contributed by atoms with Crippen molar-refractivity contribution in [3.63, 3.8) is 0 Å². The third kappa shape index (κ3) is 4.63. The maximum absolute atomic E-state index is 13.3. The average Bonchev–Trinajstić information content (AvgIpc) is 2.77. The molecule has 5 nitrogen and oxygen atoms in total. The molecule has 3 aromatic carbocycles. The van der Waals surface area contributed by atoms with Crippen molar-refractivity contribution in [3.8, 4) is 0 Å². The SMILES string of the molecule is O=C(NCc1cccc(Cl)c1)[C@H]1Cc2ccccc2CN1S(=O)(=O)c1ccc(F)cc1. The van der Waals surface area contributed by atoms with Crippen LogP contribution in [0, 0.1) is 5.82 Å². The summed E-state index contributed by atoms with van der Waals surface area (Å²) in [5.74, 6) is -0.932. The zero-order chi connectivity index (χ0) is 22.0. The minimum absolute atomic E-state index is 0.0547. The van der Waals surface area contributed by atoms with Crippen LogP contribution in [0.3, 0.4) is 0 Å². The second-order valence-corrected chi connectivity index (χ2v) is 9.67. The number of hydrogen-bond donors (Lipinski definition) is 1. The molecular weight excluding hydrogens is 439 g/mol. The Morgan fingerprint density at radius 3 is 2.45 bits per heavy atom. The number of sulfonamides is 1. The second kappa shape index (κ2) is 8.78. The number of fused-ring (bicyclic) bond motifs is 1. The van der Waals surface area contributed by atoms with Crippen LogP contribution in [-0.2, 0) is 34.3 Å². The molecule has 0 fully saturated rings. The van der Waals surface area contributed by atoms with Crippen LogP contribution in [0.2, 0.25) is 5.02 Å². The van der Waals surface area contributed by atoms with Gasteiger partial charge in [-0.15, -0.1) is 0 Å². The molecule has 0 aliphatic carbocycles. The van der Waals surface area contributed by atoms with Crippen molar-refractivity contribution in [3.05, 3.63) is 100 Å². The number of nitrogens with one attached hydrogen (secondary N) is 1. The molecule has 31 heavy (non-hydrogen) atoms. The normalized spacial score (nSPS) is 16.5. The molecule has 0 bridgehead atoms. The van der Waals surface area contributed by atoms with Crippen LogP contribution >= 0.6 is 11.6 Å². The summed E-state index contributed by atoms with van der Waals surface area (Å²) < 4.78 is 41.2. The summed E-state index contributed by atoms with van der Waals surface area (Å²) in [6.45, 7) is 0.285. The van der Waals surface area contributed by atoms with Gasteiger partial charge in [-0.05, 0) is 59.5 Å². The van der Waals surface area contributed by atoms with Gasteiger partial charge in [-0.3, -0.25) is 4.79 Å². The van der Waals surface area contributed by atoms with Crippen LogP contribution < -0.4 is 5.32 Å². The number of carbonyl (C=O) groups excluding carboxylic acids is 1. The van der Waals surface area contributed by atoms with E-state index >= 15 is 0 Å². The Bertz CT molecular complexity index is 1220. The minimum atomic E-state index is -4.02. The lowest BCUT2D eigenvalue weighted by molar-refractivity contribution is -0.125. The van der Waals surface area contributed by atoms with E-state index in [2.05, 4.69) is 5.32 Å². The van der Waals surface area contributed by atoms with Gasteiger partial charge in [-0.1, -0.05) is 48.0 Å². The minimum Gasteiger partial charge on any atom is -0.351 e. The molecule has 0 unspecified atom stereocenters. The van der Waals surface area contributed by atoms with Gasteiger partial charge in [0.15, 0.2) is 0 Å². The molecule has 1 atom stereocenters. The van der Waals surface area contributed by atoms with Crippen LogP contribution in [0.5, 0.6) is 0 Å². The summed E-state index contributed by atoms with van der Waals surface area (Å²) in [5.41, 5.74) is 2.58. The quantitative estimate of drug-likeness (QED) is 0.630. The van der Waals surface area contributed by atoms with Gasteiger partial charge in [0, 0.05) is 18.1 Å². The Labute approximate surface area is 185 Å². The van der Waals surface area contributed by atoms with E-state index in [1.54, 1.807) is 18.2 Å². The molecule has 3 aromatic rings. The van der Waals surface area contributed by atoms with E-state index in [1.165, 1.54) is 16.4 Å².